The lowest BCUT2D eigenvalue weighted by Crippen LogP contribution is -2.11. The molecule has 2 aromatic rings. The molecular formula is C17H19Cl2NO3S. The number of rotatable bonds is 6. The van der Waals surface area contributed by atoms with E-state index in [4.69, 9.17) is 32.7 Å². The van der Waals surface area contributed by atoms with Crippen LogP contribution in [0.1, 0.15) is 22.8 Å². The maximum atomic E-state index is 12.2. The Morgan fingerprint density at radius 3 is 2.58 bits per heavy atom. The van der Waals surface area contributed by atoms with Crippen molar-refractivity contribution in [2.24, 2.45) is 0 Å². The summed E-state index contributed by atoms with van der Waals surface area (Å²) in [6.07, 6.45) is 0. The first-order chi connectivity index (χ1) is 11.0. The fourth-order valence-electron chi connectivity index (χ4n) is 1.93. The van der Waals surface area contributed by atoms with Crippen LogP contribution in [-0.4, -0.2) is 19.4 Å². The van der Waals surface area contributed by atoms with Gasteiger partial charge in [0.1, 0.15) is 0 Å². The first kappa shape index (κ1) is 20.6. The maximum Gasteiger partial charge on any atom is 0.342 e. The summed E-state index contributed by atoms with van der Waals surface area (Å²) in [7, 11) is 0. The molecule has 0 saturated heterocycles. The third-order valence-corrected chi connectivity index (χ3v) is 3.97. The molecule has 0 heterocycles. The average molecular weight is 388 g/mol. The van der Waals surface area contributed by atoms with Crippen molar-refractivity contribution in [2.45, 2.75) is 13.8 Å². The van der Waals surface area contributed by atoms with E-state index >= 15 is 0 Å². The van der Waals surface area contributed by atoms with E-state index in [1.165, 1.54) is 0 Å². The van der Waals surface area contributed by atoms with Crippen LogP contribution in [0, 0.1) is 6.92 Å². The van der Waals surface area contributed by atoms with Crippen molar-refractivity contribution in [1.29, 1.82) is 0 Å². The van der Waals surface area contributed by atoms with Gasteiger partial charge in [0.15, 0.2) is 6.79 Å². The van der Waals surface area contributed by atoms with Crippen molar-refractivity contribution in [3.8, 4) is 0 Å². The lowest BCUT2D eigenvalue weighted by Gasteiger charge is -2.15. The van der Waals surface area contributed by atoms with Crippen LogP contribution in [0.25, 0.3) is 0 Å². The van der Waals surface area contributed by atoms with E-state index in [-0.39, 0.29) is 20.3 Å². The van der Waals surface area contributed by atoms with Crippen molar-refractivity contribution in [3.05, 3.63) is 57.6 Å². The fraction of sp³-hybridized carbons (Fsp3) is 0.235. The summed E-state index contributed by atoms with van der Waals surface area (Å²) >= 11 is 12.5. The van der Waals surface area contributed by atoms with Crippen LogP contribution in [0.3, 0.4) is 0 Å². The van der Waals surface area contributed by atoms with Crippen LogP contribution < -0.4 is 5.32 Å². The predicted molar refractivity (Wildman–Crippen MR) is 103 cm³/mol. The monoisotopic (exact) mass is 387 g/mol. The summed E-state index contributed by atoms with van der Waals surface area (Å²) in [5.41, 5.74) is 2.37. The number of carbonyl (C=O) groups is 1. The summed E-state index contributed by atoms with van der Waals surface area (Å²) in [6, 6.07) is 10.6. The Bertz CT molecular complexity index is 710. The molecule has 0 aromatic heterocycles. The highest BCUT2D eigenvalue weighted by molar-refractivity contribution is 7.59. The molecule has 1 N–H and O–H groups in total. The largest absolute Gasteiger partial charge is 0.435 e. The summed E-state index contributed by atoms with van der Waals surface area (Å²) in [4.78, 5) is 12.2. The molecule has 0 amide bonds. The zero-order chi connectivity index (χ0) is 16.8. The molecule has 24 heavy (non-hydrogen) atoms. The van der Waals surface area contributed by atoms with E-state index < -0.39 is 5.97 Å². The molecule has 0 aliphatic heterocycles. The normalized spacial score (nSPS) is 10.0. The Morgan fingerprint density at radius 2 is 1.88 bits per heavy atom. The van der Waals surface area contributed by atoms with E-state index in [1.54, 1.807) is 30.3 Å². The molecule has 130 valence electrons. The number of hydrogen-bond acceptors (Lipinski definition) is 4. The van der Waals surface area contributed by atoms with Gasteiger partial charge in [-0.05, 0) is 37.6 Å². The molecule has 0 saturated carbocycles. The Morgan fingerprint density at radius 1 is 1.17 bits per heavy atom. The molecule has 0 radical (unpaired) electrons. The predicted octanol–water partition coefficient (Wildman–Crippen LogP) is 5.31. The van der Waals surface area contributed by atoms with E-state index in [0.29, 0.717) is 33.6 Å². The van der Waals surface area contributed by atoms with Crippen molar-refractivity contribution in [1.82, 2.24) is 0 Å². The summed E-state index contributed by atoms with van der Waals surface area (Å²) in [5.74, 6) is -0.485. The molecule has 0 aliphatic carbocycles. The number of nitrogens with one attached hydrogen (secondary N) is 1. The van der Waals surface area contributed by atoms with Gasteiger partial charge in [-0.25, -0.2) is 4.79 Å². The van der Waals surface area contributed by atoms with Crippen molar-refractivity contribution in [2.75, 3.05) is 18.7 Å². The van der Waals surface area contributed by atoms with Gasteiger partial charge in [-0.1, -0.05) is 41.4 Å². The Kier molecular flexibility index (Phi) is 8.42. The summed E-state index contributed by atoms with van der Waals surface area (Å²) in [6.45, 7) is 4.09. The van der Waals surface area contributed by atoms with Crippen molar-refractivity contribution >= 4 is 54.0 Å². The van der Waals surface area contributed by atoms with Gasteiger partial charge >= 0.3 is 5.97 Å². The van der Waals surface area contributed by atoms with Crippen LogP contribution in [-0.2, 0) is 9.47 Å². The van der Waals surface area contributed by atoms with Gasteiger partial charge < -0.3 is 14.8 Å². The number of esters is 1. The molecule has 0 aliphatic rings. The second kappa shape index (κ2) is 9.79. The van der Waals surface area contributed by atoms with Gasteiger partial charge in [0.2, 0.25) is 0 Å². The molecule has 0 fully saturated rings. The average Bonchev–Trinajstić information content (AvgIpc) is 2.55. The lowest BCUT2D eigenvalue weighted by molar-refractivity contribution is -0.0273. The van der Waals surface area contributed by atoms with Gasteiger partial charge in [-0.15, -0.1) is 0 Å². The lowest BCUT2D eigenvalue weighted by atomic mass is 10.1. The Labute approximate surface area is 158 Å². The number of benzene rings is 2. The SMILES string of the molecule is CCOCOC(=O)c1ccccc1Nc1c(Cl)ccc(C)c1Cl.S. The molecule has 0 spiro atoms. The van der Waals surface area contributed by atoms with E-state index in [2.05, 4.69) is 5.32 Å². The molecule has 0 unspecified atom stereocenters. The smallest absolute Gasteiger partial charge is 0.342 e. The minimum Gasteiger partial charge on any atom is -0.435 e. The number of anilines is 2. The number of para-hydroxylation sites is 1. The molecule has 2 aromatic carbocycles. The van der Waals surface area contributed by atoms with Crippen LogP contribution >= 0.6 is 36.7 Å². The fourth-order valence-corrected chi connectivity index (χ4v) is 2.40. The maximum absolute atomic E-state index is 12.2. The van der Waals surface area contributed by atoms with Gasteiger partial charge in [0, 0.05) is 6.61 Å². The topological polar surface area (TPSA) is 47.6 Å². The third kappa shape index (κ3) is 5.05. The minimum atomic E-state index is -0.485. The van der Waals surface area contributed by atoms with Crippen LogP contribution in [0.5, 0.6) is 0 Å². The molecule has 0 bridgehead atoms. The number of aryl methyl sites for hydroxylation is 1. The highest BCUT2D eigenvalue weighted by atomic mass is 35.5. The van der Waals surface area contributed by atoms with Gasteiger partial charge in [0.05, 0.1) is 27.0 Å². The van der Waals surface area contributed by atoms with Crippen LogP contribution in [0.2, 0.25) is 10.0 Å². The highest BCUT2D eigenvalue weighted by Gasteiger charge is 2.15. The number of halogens is 2. The first-order valence-electron chi connectivity index (χ1n) is 7.10. The Balaban J connectivity index is 0.00000288. The van der Waals surface area contributed by atoms with Crippen LogP contribution in [0.15, 0.2) is 36.4 Å². The standard InChI is InChI=1S/C17H17Cl2NO3.H2S/c1-3-22-10-23-17(21)12-6-4-5-7-14(12)20-16-13(18)9-8-11(2)15(16)19;/h4-9,20H,3,10H2,1-2H3;1H2. The van der Waals surface area contributed by atoms with Crippen molar-refractivity contribution < 1.29 is 14.3 Å². The Hall–Kier alpha value is -1.40. The van der Waals surface area contributed by atoms with E-state index in [0.717, 1.165) is 5.56 Å². The molecule has 2 rings (SSSR count). The second-order valence-corrected chi connectivity index (χ2v) is 5.55. The number of ether oxygens (including phenoxy) is 2. The second-order valence-electron chi connectivity index (χ2n) is 4.77. The molecular weight excluding hydrogens is 369 g/mol. The van der Waals surface area contributed by atoms with Gasteiger partial charge in [-0.3, -0.25) is 0 Å². The van der Waals surface area contributed by atoms with E-state index in [9.17, 15) is 4.79 Å². The summed E-state index contributed by atoms with van der Waals surface area (Å²) < 4.78 is 10.1. The first-order valence-corrected chi connectivity index (χ1v) is 7.85. The summed E-state index contributed by atoms with van der Waals surface area (Å²) in [5, 5.41) is 4.10. The number of hydrogen-bond donors (Lipinski definition) is 1. The van der Waals surface area contributed by atoms with Gasteiger partial charge in [-0.2, -0.15) is 13.5 Å². The zero-order valence-corrected chi connectivity index (χ0v) is 15.9. The van der Waals surface area contributed by atoms with Crippen molar-refractivity contribution in [3.63, 3.8) is 0 Å². The van der Waals surface area contributed by atoms with Gasteiger partial charge in [0.25, 0.3) is 0 Å². The molecule has 7 heteroatoms. The minimum absolute atomic E-state index is 0. The quantitative estimate of drug-likeness (QED) is 0.414. The highest BCUT2D eigenvalue weighted by Crippen LogP contribution is 2.36. The van der Waals surface area contributed by atoms with Crippen LogP contribution in [0.4, 0.5) is 11.4 Å². The van der Waals surface area contributed by atoms with E-state index in [1.807, 2.05) is 19.9 Å². The number of carbonyl (C=O) groups excluding carboxylic acids is 1. The molecule has 0 atom stereocenters. The zero-order valence-electron chi connectivity index (χ0n) is 13.4. The molecule has 4 nitrogen and oxygen atoms in total. The third-order valence-electron chi connectivity index (χ3n) is 3.17.